The van der Waals surface area contributed by atoms with E-state index in [1.54, 1.807) is 0 Å². The van der Waals surface area contributed by atoms with Crippen LogP contribution in [0.1, 0.15) is 63.8 Å². The van der Waals surface area contributed by atoms with Gasteiger partial charge in [-0.2, -0.15) is 0 Å². The highest BCUT2D eigenvalue weighted by molar-refractivity contribution is 5.88. The Labute approximate surface area is 332 Å². The van der Waals surface area contributed by atoms with E-state index >= 15 is 0 Å². The number of anilines is 5. The molecule has 0 bridgehead atoms. The van der Waals surface area contributed by atoms with Gasteiger partial charge in [0, 0.05) is 45.0 Å². The minimum Gasteiger partial charge on any atom is -0.315 e. The van der Waals surface area contributed by atoms with Crippen LogP contribution in [0.5, 0.6) is 0 Å². The lowest BCUT2D eigenvalue weighted by Crippen LogP contribution is -2.18. The minimum atomic E-state index is -0.0949. The van der Waals surface area contributed by atoms with Crippen LogP contribution in [-0.4, -0.2) is 0 Å². The predicted octanol–water partition coefficient (Wildman–Crippen LogP) is 15.1. The van der Waals surface area contributed by atoms with Gasteiger partial charge < -0.3 is 9.80 Å². The van der Waals surface area contributed by atoms with Crippen molar-refractivity contribution in [3.8, 4) is 33.4 Å². The van der Waals surface area contributed by atoms with E-state index in [9.17, 15) is 0 Å². The van der Waals surface area contributed by atoms with Crippen LogP contribution in [-0.2, 0) is 10.8 Å². The van der Waals surface area contributed by atoms with Gasteiger partial charge in [0.05, 0.1) is 0 Å². The number of hydrogen-bond donors (Lipinski definition) is 0. The van der Waals surface area contributed by atoms with Crippen LogP contribution in [0.25, 0.3) is 33.4 Å². The predicted molar refractivity (Wildman–Crippen MR) is 239 cm³/mol. The molecule has 0 amide bonds. The van der Waals surface area contributed by atoms with Gasteiger partial charge in [-0.25, -0.2) is 0 Å². The van der Waals surface area contributed by atoms with Crippen molar-refractivity contribution in [2.75, 3.05) is 9.80 Å². The second-order valence-electron chi connectivity index (χ2n) is 16.2. The van der Waals surface area contributed by atoms with E-state index in [1.807, 2.05) is 6.92 Å². The summed E-state index contributed by atoms with van der Waals surface area (Å²) >= 11 is 0. The molecule has 0 N–H and O–H groups in total. The molecule has 0 radical (unpaired) electrons. The average molecular weight is 725 g/mol. The third-order valence-electron chi connectivity index (χ3n) is 12.1. The molecule has 0 saturated carbocycles. The molecule has 2 nitrogen and oxygen atoms in total. The molecule has 9 rings (SSSR count). The molecule has 274 valence electrons. The SMILES string of the molecule is C/C=C\C=C(/C)N(c1ccccc1)c1ccc(-c2ccc(N(c3ccc4c(c3)C(C)(C)c3ccccc3-4)c3ccc4c(c3)C(C)(C)c3ccccc3-4)cc2)cc1. The number of hydrogen-bond acceptors (Lipinski definition) is 2. The van der Waals surface area contributed by atoms with Crippen molar-refractivity contribution in [3.05, 3.63) is 210 Å². The van der Waals surface area contributed by atoms with Gasteiger partial charge in [0.15, 0.2) is 0 Å². The average Bonchev–Trinajstić information content (AvgIpc) is 3.60. The number of nitrogens with zero attached hydrogens (tertiary/aromatic N) is 2. The van der Waals surface area contributed by atoms with Crippen molar-refractivity contribution in [2.45, 2.75) is 52.4 Å². The summed E-state index contributed by atoms with van der Waals surface area (Å²) in [7, 11) is 0. The molecular formula is C54H48N2. The van der Waals surface area contributed by atoms with Gasteiger partial charge in [-0.05, 0) is 136 Å². The smallest absolute Gasteiger partial charge is 0.0465 e. The van der Waals surface area contributed by atoms with E-state index < -0.39 is 0 Å². The van der Waals surface area contributed by atoms with Gasteiger partial charge in [0.1, 0.15) is 0 Å². The standard InChI is InChI=1S/C54H48N2/c1-7-8-16-37(2)55(40-17-10-9-11-18-40)41-27-23-38(24-28-41)39-25-29-42(30-26-39)56(43-31-33-47-45-19-12-14-21-49(45)53(3,4)51(47)35-43)44-32-34-48-46-20-13-15-22-50(46)54(5,6)52(48)36-44/h7-36H,1-6H3/b8-7-,37-16+. The summed E-state index contributed by atoms with van der Waals surface area (Å²) in [5, 5.41) is 0. The van der Waals surface area contributed by atoms with Crippen LogP contribution in [0.3, 0.4) is 0 Å². The molecule has 0 heterocycles. The van der Waals surface area contributed by atoms with Crippen molar-refractivity contribution in [1.29, 1.82) is 0 Å². The second-order valence-corrected chi connectivity index (χ2v) is 16.2. The molecule has 0 unspecified atom stereocenters. The van der Waals surface area contributed by atoms with Crippen LogP contribution in [0, 0.1) is 0 Å². The van der Waals surface area contributed by atoms with Crippen LogP contribution >= 0.6 is 0 Å². The maximum absolute atomic E-state index is 2.45. The lowest BCUT2D eigenvalue weighted by molar-refractivity contribution is 0.660. The molecule has 7 aromatic rings. The highest BCUT2D eigenvalue weighted by Gasteiger charge is 2.37. The summed E-state index contributed by atoms with van der Waals surface area (Å²) in [5.41, 5.74) is 19.9. The van der Waals surface area contributed by atoms with Crippen LogP contribution in [0.4, 0.5) is 28.4 Å². The van der Waals surface area contributed by atoms with Crippen molar-refractivity contribution in [1.82, 2.24) is 0 Å². The van der Waals surface area contributed by atoms with E-state index in [-0.39, 0.29) is 10.8 Å². The number of fused-ring (bicyclic) bond motifs is 6. The topological polar surface area (TPSA) is 6.48 Å². The molecule has 0 atom stereocenters. The molecule has 7 aromatic carbocycles. The van der Waals surface area contributed by atoms with Crippen LogP contribution in [0.15, 0.2) is 188 Å². The first-order valence-corrected chi connectivity index (χ1v) is 19.8. The minimum absolute atomic E-state index is 0.0949. The second kappa shape index (κ2) is 13.7. The highest BCUT2D eigenvalue weighted by atomic mass is 15.1. The first-order chi connectivity index (χ1) is 27.2. The maximum Gasteiger partial charge on any atom is 0.0465 e. The Kier molecular flexibility index (Phi) is 8.66. The summed E-state index contributed by atoms with van der Waals surface area (Å²) in [4.78, 5) is 4.75. The number of rotatable bonds is 8. The number of benzene rings is 7. The Morgan fingerprint density at radius 1 is 0.429 bits per heavy atom. The zero-order chi connectivity index (χ0) is 38.6. The zero-order valence-electron chi connectivity index (χ0n) is 33.2. The molecule has 2 aliphatic carbocycles. The molecule has 0 spiro atoms. The van der Waals surface area contributed by atoms with E-state index in [1.165, 1.54) is 55.6 Å². The van der Waals surface area contributed by atoms with Crippen LogP contribution < -0.4 is 9.80 Å². The van der Waals surface area contributed by atoms with Crippen molar-refractivity contribution < 1.29 is 0 Å². The van der Waals surface area contributed by atoms with Crippen molar-refractivity contribution in [3.63, 3.8) is 0 Å². The monoisotopic (exact) mass is 724 g/mol. The largest absolute Gasteiger partial charge is 0.315 e. The number of para-hydroxylation sites is 1. The van der Waals surface area contributed by atoms with Gasteiger partial charge in [-0.1, -0.05) is 143 Å². The maximum atomic E-state index is 2.45. The van der Waals surface area contributed by atoms with E-state index in [2.05, 4.69) is 226 Å². The summed E-state index contributed by atoms with van der Waals surface area (Å²) in [5.74, 6) is 0. The molecule has 0 aliphatic heterocycles. The van der Waals surface area contributed by atoms with Crippen molar-refractivity contribution in [2.24, 2.45) is 0 Å². The van der Waals surface area contributed by atoms with E-state index in [0.717, 1.165) is 34.1 Å². The normalized spacial score (nSPS) is 14.6. The lowest BCUT2D eigenvalue weighted by atomic mass is 9.82. The summed E-state index contributed by atoms with van der Waals surface area (Å²) in [6, 6.07) is 60.5. The van der Waals surface area contributed by atoms with E-state index in [4.69, 9.17) is 0 Å². The molecule has 0 fully saturated rings. The molecule has 2 heteroatoms. The molecule has 0 saturated heterocycles. The fourth-order valence-corrected chi connectivity index (χ4v) is 9.16. The first-order valence-electron chi connectivity index (χ1n) is 19.8. The Bertz CT molecular complexity index is 2530. The van der Waals surface area contributed by atoms with Crippen molar-refractivity contribution >= 4 is 28.4 Å². The fourth-order valence-electron chi connectivity index (χ4n) is 9.16. The quantitative estimate of drug-likeness (QED) is 0.144. The summed E-state index contributed by atoms with van der Waals surface area (Å²) in [6.07, 6.45) is 6.32. The first kappa shape index (κ1) is 35.3. The molecule has 0 aromatic heterocycles. The Morgan fingerprint density at radius 2 is 0.839 bits per heavy atom. The summed E-state index contributed by atoms with van der Waals surface area (Å²) < 4.78 is 0. The van der Waals surface area contributed by atoms with Gasteiger partial charge in [-0.3, -0.25) is 0 Å². The number of allylic oxidation sites excluding steroid dienone is 4. The van der Waals surface area contributed by atoms with Crippen LogP contribution in [0.2, 0.25) is 0 Å². The third-order valence-corrected chi connectivity index (χ3v) is 12.1. The Morgan fingerprint density at radius 3 is 1.34 bits per heavy atom. The third kappa shape index (κ3) is 5.80. The fraction of sp³-hybridized carbons (Fsp3) is 0.148. The molecule has 56 heavy (non-hydrogen) atoms. The van der Waals surface area contributed by atoms with Gasteiger partial charge >= 0.3 is 0 Å². The van der Waals surface area contributed by atoms with Gasteiger partial charge in [0.25, 0.3) is 0 Å². The lowest BCUT2D eigenvalue weighted by Gasteiger charge is -2.30. The zero-order valence-corrected chi connectivity index (χ0v) is 33.2. The van der Waals surface area contributed by atoms with Gasteiger partial charge in [0.2, 0.25) is 0 Å². The Balaban J connectivity index is 1.11. The molecular weight excluding hydrogens is 677 g/mol. The Hall–Kier alpha value is -6.38. The molecule has 2 aliphatic rings. The highest BCUT2D eigenvalue weighted by Crippen LogP contribution is 2.53. The van der Waals surface area contributed by atoms with Gasteiger partial charge in [-0.15, -0.1) is 0 Å². The summed E-state index contributed by atoms with van der Waals surface area (Å²) in [6.45, 7) is 13.7. The van der Waals surface area contributed by atoms with E-state index in [0.29, 0.717) is 0 Å².